The highest BCUT2D eigenvalue weighted by atomic mass is 35.5. The lowest BCUT2D eigenvalue weighted by molar-refractivity contribution is -0.142. The van der Waals surface area contributed by atoms with Crippen LogP contribution >= 0.6 is 11.6 Å². The highest BCUT2D eigenvalue weighted by Crippen LogP contribution is 2.19. The zero-order chi connectivity index (χ0) is 16.7. The Morgan fingerprint density at radius 2 is 1.91 bits per heavy atom. The number of hydrogen-bond acceptors (Lipinski definition) is 3. The van der Waals surface area contributed by atoms with Crippen molar-refractivity contribution in [1.82, 2.24) is 0 Å². The number of carbonyl (C=O) groups is 2. The van der Waals surface area contributed by atoms with E-state index in [1.165, 1.54) is 6.08 Å². The molecular formula is C18H16ClNO3. The van der Waals surface area contributed by atoms with Crippen molar-refractivity contribution in [3.8, 4) is 0 Å². The fourth-order valence-corrected chi connectivity index (χ4v) is 2.00. The number of hydrogen-bond donors (Lipinski definition) is 1. The number of rotatable bonds is 5. The molecule has 0 heterocycles. The van der Waals surface area contributed by atoms with Crippen molar-refractivity contribution in [2.24, 2.45) is 0 Å². The van der Waals surface area contributed by atoms with E-state index in [0.717, 1.165) is 11.1 Å². The Bertz CT molecular complexity index is 726. The third-order valence-electron chi connectivity index (χ3n) is 3.03. The standard InChI is InChI=1S/C18H16ClNO3/c1-13-7-9-15(19)11-16(13)20-17(21)12-23-18(22)10-8-14-5-3-2-4-6-14/h2-11H,12H2,1H3,(H,20,21)/b10-8+. The van der Waals surface area contributed by atoms with E-state index in [4.69, 9.17) is 16.3 Å². The van der Waals surface area contributed by atoms with Gasteiger partial charge in [-0.1, -0.05) is 48.0 Å². The molecule has 0 aliphatic rings. The zero-order valence-electron chi connectivity index (χ0n) is 12.6. The summed E-state index contributed by atoms with van der Waals surface area (Å²) in [6.45, 7) is 1.49. The second-order valence-corrected chi connectivity index (χ2v) is 5.30. The fourth-order valence-electron chi connectivity index (χ4n) is 1.83. The molecule has 0 radical (unpaired) electrons. The molecule has 1 N–H and O–H groups in total. The van der Waals surface area contributed by atoms with Crippen LogP contribution in [0.3, 0.4) is 0 Å². The normalized spacial score (nSPS) is 10.5. The van der Waals surface area contributed by atoms with Crippen LogP contribution in [0.4, 0.5) is 5.69 Å². The Balaban J connectivity index is 1.83. The molecule has 23 heavy (non-hydrogen) atoms. The van der Waals surface area contributed by atoms with Gasteiger partial charge in [0.1, 0.15) is 0 Å². The Labute approximate surface area is 139 Å². The fraction of sp³-hybridized carbons (Fsp3) is 0.111. The summed E-state index contributed by atoms with van der Waals surface area (Å²) < 4.78 is 4.90. The van der Waals surface area contributed by atoms with Crippen molar-refractivity contribution in [3.05, 3.63) is 70.8 Å². The number of carbonyl (C=O) groups excluding carboxylic acids is 2. The molecule has 0 saturated carbocycles. The molecule has 0 spiro atoms. The number of ether oxygens (including phenoxy) is 1. The number of benzene rings is 2. The second kappa shape index (κ2) is 8.15. The molecule has 4 nitrogen and oxygen atoms in total. The number of halogens is 1. The molecule has 0 bridgehead atoms. The first-order valence-corrected chi connectivity index (χ1v) is 7.38. The highest BCUT2D eigenvalue weighted by Gasteiger charge is 2.07. The van der Waals surface area contributed by atoms with Crippen LogP contribution in [-0.4, -0.2) is 18.5 Å². The van der Waals surface area contributed by atoms with Crippen molar-refractivity contribution in [2.45, 2.75) is 6.92 Å². The SMILES string of the molecule is Cc1ccc(Cl)cc1NC(=O)COC(=O)/C=C/c1ccccc1. The van der Waals surface area contributed by atoms with E-state index in [1.807, 2.05) is 37.3 Å². The van der Waals surface area contributed by atoms with Gasteiger partial charge in [-0.25, -0.2) is 4.79 Å². The maximum atomic E-state index is 11.8. The molecule has 2 rings (SSSR count). The molecule has 0 aliphatic heterocycles. The number of anilines is 1. The molecule has 5 heteroatoms. The Morgan fingerprint density at radius 1 is 1.17 bits per heavy atom. The van der Waals surface area contributed by atoms with Crippen molar-refractivity contribution in [2.75, 3.05) is 11.9 Å². The van der Waals surface area contributed by atoms with Gasteiger partial charge in [0.2, 0.25) is 0 Å². The van der Waals surface area contributed by atoms with Gasteiger partial charge in [0, 0.05) is 16.8 Å². The van der Waals surface area contributed by atoms with Crippen LogP contribution in [0.1, 0.15) is 11.1 Å². The highest BCUT2D eigenvalue weighted by molar-refractivity contribution is 6.31. The molecule has 0 unspecified atom stereocenters. The van der Waals surface area contributed by atoms with Gasteiger partial charge in [-0.2, -0.15) is 0 Å². The monoisotopic (exact) mass is 329 g/mol. The van der Waals surface area contributed by atoms with Gasteiger partial charge in [0.15, 0.2) is 6.61 Å². The quantitative estimate of drug-likeness (QED) is 0.669. The smallest absolute Gasteiger partial charge is 0.331 e. The van der Waals surface area contributed by atoms with E-state index >= 15 is 0 Å². The van der Waals surface area contributed by atoms with Crippen LogP contribution in [0.5, 0.6) is 0 Å². The van der Waals surface area contributed by atoms with Crippen LogP contribution < -0.4 is 5.32 Å². The third kappa shape index (κ3) is 5.60. The van der Waals surface area contributed by atoms with Crippen LogP contribution in [0.2, 0.25) is 5.02 Å². The van der Waals surface area contributed by atoms with Gasteiger partial charge < -0.3 is 10.1 Å². The maximum Gasteiger partial charge on any atom is 0.331 e. The van der Waals surface area contributed by atoms with Crippen LogP contribution in [0.15, 0.2) is 54.6 Å². The minimum absolute atomic E-state index is 0.357. The van der Waals surface area contributed by atoms with E-state index in [1.54, 1.807) is 24.3 Å². The van der Waals surface area contributed by atoms with Gasteiger partial charge in [0.05, 0.1) is 0 Å². The summed E-state index contributed by atoms with van der Waals surface area (Å²) in [6, 6.07) is 14.5. The Hall–Kier alpha value is -2.59. The molecule has 0 saturated heterocycles. The van der Waals surface area contributed by atoms with Crippen LogP contribution in [0, 0.1) is 6.92 Å². The average Bonchev–Trinajstić information content (AvgIpc) is 2.55. The van der Waals surface area contributed by atoms with Crippen LogP contribution in [-0.2, 0) is 14.3 Å². The predicted octanol–water partition coefficient (Wildman–Crippen LogP) is 3.84. The van der Waals surface area contributed by atoms with E-state index in [-0.39, 0.29) is 6.61 Å². The lowest BCUT2D eigenvalue weighted by Gasteiger charge is -2.08. The number of aryl methyl sites for hydroxylation is 1. The molecule has 0 atom stereocenters. The maximum absolute atomic E-state index is 11.8. The molecule has 118 valence electrons. The molecule has 2 aromatic rings. The van der Waals surface area contributed by atoms with Crippen molar-refractivity contribution >= 4 is 35.2 Å². The zero-order valence-corrected chi connectivity index (χ0v) is 13.3. The number of amides is 1. The predicted molar refractivity (Wildman–Crippen MR) is 91.3 cm³/mol. The second-order valence-electron chi connectivity index (χ2n) is 4.86. The Kier molecular flexibility index (Phi) is 5.94. The van der Waals surface area contributed by atoms with Crippen LogP contribution in [0.25, 0.3) is 6.08 Å². The first-order chi connectivity index (χ1) is 11.0. The van der Waals surface area contributed by atoms with Crippen molar-refractivity contribution < 1.29 is 14.3 Å². The number of nitrogens with one attached hydrogen (secondary N) is 1. The van der Waals surface area contributed by atoms with Crippen molar-refractivity contribution in [1.29, 1.82) is 0 Å². The van der Waals surface area contributed by atoms with E-state index < -0.39 is 11.9 Å². The molecule has 1 amide bonds. The van der Waals surface area contributed by atoms with Crippen molar-refractivity contribution in [3.63, 3.8) is 0 Å². The molecule has 0 fully saturated rings. The first kappa shape index (κ1) is 16.8. The topological polar surface area (TPSA) is 55.4 Å². The molecule has 0 aliphatic carbocycles. The summed E-state index contributed by atoms with van der Waals surface area (Å²) >= 11 is 5.88. The first-order valence-electron chi connectivity index (χ1n) is 7.00. The lowest BCUT2D eigenvalue weighted by Crippen LogP contribution is -2.20. The van der Waals surface area contributed by atoms with Gasteiger partial charge in [-0.05, 0) is 36.3 Å². The van der Waals surface area contributed by atoms with Gasteiger partial charge in [0.25, 0.3) is 5.91 Å². The van der Waals surface area contributed by atoms with Gasteiger partial charge >= 0.3 is 5.97 Å². The summed E-state index contributed by atoms with van der Waals surface area (Å²) in [5.74, 6) is -0.997. The largest absolute Gasteiger partial charge is 0.452 e. The molecular weight excluding hydrogens is 314 g/mol. The lowest BCUT2D eigenvalue weighted by atomic mass is 10.2. The average molecular weight is 330 g/mol. The summed E-state index contributed by atoms with van der Waals surface area (Å²) in [5.41, 5.74) is 2.35. The van der Waals surface area contributed by atoms with E-state index in [0.29, 0.717) is 10.7 Å². The minimum Gasteiger partial charge on any atom is -0.452 e. The number of esters is 1. The summed E-state index contributed by atoms with van der Waals surface area (Å²) in [5, 5.41) is 3.18. The van der Waals surface area contributed by atoms with E-state index in [9.17, 15) is 9.59 Å². The summed E-state index contributed by atoms with van der Waals surface area (Å²) in [6.07, 6.45) is 2.91. The molecule has 0 aromatic heterocycles. The summed E-state index contributed by atoms with van der Waals surface area (Å²) in [4.78, 5) is 23.4. The van der Waals surface area contributed by atoms with Gasteiger partial charge in [-0.3, -0.25) is 4.79 Å². The summed E-state index contributed by atoms with van der Waals surface area (Å²) in [7, 11) is 0. The third-order valence-corrected chi connectivity index (χ3v) is 3.27. The van der Waals surface area contributed by atoms with E-state index in [2.05, 4.69) is 5.32 Å². The van der Waals surface area contributed by atoms with Gasteiger partial charge in [-0.15, -0.1) is 0 Å². The minimum atomic E-state index is -0.577. The molecule has 2 aromatic carbocycles. The Morgan fingerprint density at radius 3 is 2.65 bits per heavy atom.